The van der Waals surface area contributed by atoms with E-state index in [0.29, 0.717) is 19.5 Å². The molecule has 2 fully saturated rings. The first-order valence-electron chi connectivity index (χ1n) is 7.57. The predicted octanol–water partition coefficient (Wildman–Crippen LogP) is -0.206. The highest BCUT2D eigenvalue weighted by molar-refractivity contribution is 5.91. The van der Waals surface area contributed by atoms with Crippen molar-refractivity contribution in [3.05, 3.63) is 12.0 Å². The van der Waals surface area contributed by atoms with Crippen LogP contribution in [0.15, 0.2) is 12.0 Å². The van der Waals surface area contributed by atoms with Crippen LogP contribution in [0, 0.1) is 5.92 Å². The highest BCUT2D eigenvalue weighted by Gasteiger charge is 2.43. The van der Waals surface area contributed by atoms with Gasteiger partial charge in [-0.1, -0.05) is 0 Å². The Morgan fingerprint density at radius 3 is 2.96 bits per heavy atom. The highest BCUT2D eigenvalue weighted by Crippen LogP contribution is 2.28. The molecule has 128 valence electrons. The molecule has 7 nitrogen and oxygen atoms in total. The molecule has 0 bridgehead atoms. The normalized spacial score (nSPS) is 29.0. The Kier molecular flexibility index (Phi) is 4.38. The molecule has 0 aromatic heterocycles. The summed E-state index contributed by atoms with van der Waals surface area (Å²) < 4.78 is 36.1. The number of halogens is 2. The molecule has 0 saturated carbocycles. The van der Waals surface area contributed by atoms with Gasteiger partial charge in [-0.3, -0.25) is 9.59 Å². The molecule has 3 aliphatic heterocycles. The van der Waals surface area contributed by atoms with Gasteiger partial charge in [-0.15, -0.1) is 0 Å². The Morgan fingerprint density at radius 1 is 1.48 bits per heavy atom. The van der Waals surface area contributed by atoms with Crippen LogP contribution >= 0.6 is 0 Å². The molecule has 2 saturated heterocycles. The summed E-state index contributed by atoms with van der Waals surface area (Å²) in [6.07, 6.45) is 1.49. The summed E-state index contributed by atoms with van der Waals surface area (Å²) in [7, 11) is 0. The third kappa shape index (κ3) is 3.72. The van der Waals surface area contributed by atoms with Crippen LogP contribution in [-0.2, 0) is 19.1 Å². The fourth-order valence-corrected chi connectivity index (χ4v) is 2.98. The van der Waals surface area contributed by atoms with Crippen LogP contribution in [0.5, 0.6) is 0 Å². The number of hydrogen-bond acceptors (Lipinski definition) is 5. The number of likely N-dealkylation sites (tertiary alicyclic amines) is 1. The highest BCUT2D eigenvalue weighted by atomic mass is 19.3. The van der Waals surface area contributed by atoms with Crippen molar-refractivity contribution in [2.45, 2.75) is 24.8 Å². The molecule has 3 aliphatic rings. The average Bonchev–Trinajstić information content (AvgIpc) is 3.24. The SMILES string of the molecule is O=C(NCC1CNC(C(=O)N2CCC(F)(F)C2)C1)C1=COCO1. The van der Waals surface area contributed by atoms with Crippen LogP contribution < -0.4 is 10.6 Å². The summed E-state index contributed by atoms with van der Waals surface area (Å²) >= 11 is 0. The third-order valence-electron chi connectivity index (χ3n) is 4.25. The molecule has 9 heteroatoms. The van der Waals surface area contributed by atoms with E-state index < -0.39 is 18.5 Å². The summed E-state index contributed by atoms with van der Waals surface area (Å²) in [5, 5.41) is 5.76. The van der Waals surface area contributed by atoms with Gasteiger partial charge in [0.2, 0.25) is 18.5 Å². The van der Waals surface area contributed by atoms with Crippen LogP contribution in [-0.4, -0.2) is 61.7 Å². The lowest BCUT2D eigenvalue weighted by Gasteiger charge is -2.20. The molecule has 0 aromatic rings. The van der Waals surface area contributed by atoms with E-state index >= 15 is 0 Å². The van der Waals surface area contributed by atoms with E-state index in [9.17, 15) is 18.4 Å². The second kappa shape index (κ2) is 6.31. The zero-order chi connectivity index (χ0) is 16.4. The molecule has 2 amide bonds. The second-order valence-electron chi connectivity index (χ2n) is 6.05. The van der Waals surface area contributed by atoms with Crippen LogP contribution in [0.1, 0.15) is 12.8 Å². The molecule has 2 atom stereocenters. The van der Waals surface area contributed by atoms with Gasteiger partial charge in [0.1, 0.15) is 6.26 Å². The Morgan fingerprint density at radius 2 is 2.30 bits per heavy atom. The van der Waals surface area contributed by atoms with Gasteiger partial charge in [-0.25, -0.2) is 8.78 Å². The smallest absolute Gasteiger partial charge is 0.289 e. The Hall–Kier alpha value is -1.90. The lowest BCUT2D eigenvalue weighted by molar-refractivity contribution is -0.133. The minimum Gasteiger partial charge on any atom is -0.461 e. The van der Waals surface area contributed by atoms with Crippen molar-refractivity contribution in [1.29, 1.82) is 0 Å². The summed E-state index contributed by atoms with van der Waals surface area (Å²) in [6.45, 7) is 0.558. The predicted molar refractivity (Wildman–Crippen MR) is 74.2 cm³/mol. The van der Waals surface area contributed by atoms with Gasteiger partial charge >= 0.3 is 0 Å². The van der Waals surface area contributed by atoms with Crippen molar-refractivity contribution in [3.8, 4) is 0 Å². The quantitative estimate of drug-likeness (QED) is 0.745. The maximum atomic E-state index is 13.2. The maximum Gasteiger partial charge on any atom is 0.289 e. The molecule has 0 spiro atoms. The number of alkyl halides is 2. The topological polar surface area (TPSA) is 79.9 Å². The molecule has 3 rings (SSSR count). The molecular weight excluding hydrogens is 312 g/mol. The van der Waals surface area contributed by atoms with Crippen LogP contribution in [0.4, 0.5) is 8.78 Å². The number of ether oxygens (including phenoxy) is 2. The van der Waals surface area contributed by atoms with Gasteiger partial charge in [0.25, 0.3) is 11.8 Å². The number of rotatable bonds is 4. The lowest BCUT2D eigenvalue weighted by Crippen LogP contribution is -2.43. The molecular formula is C14H19F2N3O4. The fourth-order valence-electron chi connectivity index (χ4n) is 2.98. The van der Waals surface area contributed by atoms with E-state index in [1.807, 2.05) is 0 Å². The minimum atomic E-state index is -2.78. The summed E-state index contributed by atoms with van der Waals surface area (Å²) in [4.78, 5) is 25.2. The first kappa shape index (κ1) is 16.0. The van der Waals surface area contributed by atoms with E-state index in [-0.39, 0.29) is 43.2 Å². The van der Waals surface area contributed by atoms with E-state index in [2.05, 4.69) is 10.6 Å². The monoisotopic (exact) mass is 331 g/mol. The van der Waals surface area contributed by atoms with Gasteiger partial charge < -0.3 is 25.0 Å². The summed E-state index contributed by atoms with van der Waals surface area (Å²) in [5.74, 6) is -3.23. The number of hydrogen-bond donors (Lipinski definition) is 2. The molecule has 23 heavy (non-hydrogen) atoms. The van der Waals surface area contributed by atoms with E-state index in [4.69, 9.17) is 9.47 Å². The van der Waals surface area contributed by atoms with Crippen molar-refractivity contribution in [1.82, 2.24) is 15.5 Å². The first-order chi connectivity index (χ1) is 10.9. The summed E-state index contributed by atoms with van der Waals surface area (Å²) in [5.41, 5.74) is 0. The standard InChI is InChI=1S/C14H19F2N3O4/c15-14(16)1-2-19(7-14)13(21)10-3-9(4-17-10)5-18-12(20)11-6-22-8-23-11/h6,9-10,17H,1-5,7-8H2,(H,18,20). The van der Waals surface area contributed by atoms with Crippen molar-refractivity contribution in [2.24, 2.45) is 5.92 Å². The van der Waals surface area contributed by atoms with E-state index in [0.717, 1.165) is 0 Å². The Labute approximate surface area is 132 Å². The van der Waals surface area contributed by atoms with Crippen molar-refractivity contribution >= 4 is 11.8 Å². The molecule has 3 heterocycles. The van der Waals surface area contributed by atoms with Crippen molar-refractivity contribution in [2.75, 3.05) is 33.0 Å². The number of nitrogens with one attached hydrogen (secondary N) is 2. The van der Waals surface area contributed by atoms with Gasteiger partial charge in [0, 0.05) is 26.1 Å². The van der Waals surface area contributed by atoms with Crippen LogP contribution in [0.25, 0.3) is 0 Å². The van der Waals surface area contributed by atoms with Gasteiger partial charge in [-0.2, -0.15) is 0 Å². The third-order valence-corrected chi connectivity index (χ3v) is 4.25. The Bertz CT molecular complexity index is 526. The zero-order valence-corrected chi connectivity index (χ0v) is 12.5. The number of nitrogens with zero attached hydrogens (tertiary/aromatic N) is 1. The lowest BCUT2D eigenvalue weighted by atomic mass is 10.0. The molecule has 2 N–H and O–H groups in total. The Balaban J connectivity index is 1.43. The second-order valence-corrected chi connectivity index (χ2v) is 6.05. The molecule has 2 unspecified atom stereocenters. The fraction of sp³-hybridized carbons (Fsp3) is 0.714. The van der Waals surface area contributed by atoms with E-state index in [1.54, 1.807) is 0 Å². The summed E-state index contributed by atoms with van der Waals surface area (Å²) in [6, 6.07) is -0.462. The minimum absolute atomic E-state index is 0.0325. The number of carbonyl (C=O) groups is 2. The van der Waals surface area contributed by atoms with Gasteiger partial charge in [0.05, 0.1) is 12.6 Å². The zero-order valence-electron chi connectivity index (χ0n) is 12.5. The number of amides is 2. The van der Waals surface area contributed by atoms with Crippen molar-refractivity contribution < 1.29 is 27.8 Å². The van der Waals surface area contributed by atoms with Crippen LogP contribution in [0.2, 0.25) is 0 Å². The van der Waals surface area contributed by atoms with Crippen LogP contribution in [0.3, 0.4) is 0 Å². The van der Waals surface area contributed by atoms with E-state index in [1.165, 1.54) is 11.2 Å². The maximum absolute atomic E-state index is 13.2. The average molecular weight is 331 g/mol. The van der Waals surface area contributed by atoms with Crippen molar-refractivity contribution in [3.63, 3.8) is 0 Å². The molecule has 0 aromatic carbocycles. The molecule has 0 aliphatic carbocycles. The number of carbonyl (C=O) groups excluding carboxylic acids is 2. The first-order valence-corrected chi connectivity index (χ1v) is 7.57. The largest absolute Gasteiger partial charge is 0.461 e. The van der Waals surface area contributed by atoms with Gasteiger partial charge in [-0.05, 0) is 12.3 Å². The van der Waals surface area contributed by atoms with Gasteiger partial charge in [0.15, 0.2) is 0 Å². The molecule has 0 radical (unpaired) electrons.